The van der Waals surface area contributed by atoms with Gasteiger partial charge in [0.15, 0.2) is 16.1 Å². The predicted octanol–water partition coefficient (Wildman–Crippen LogP) is 4.22. The molecular formula is C21H32N6OS2. The van der Waals surface area contributed by atoms with Gasteiger partial charge in [0.1, 0.15) is 5.71 Å². The highest BCUT2D eigenvalue weighted by molar-refractivity contribution is 7.97. The first-order valence-corrected chi connectivity index (χ1v) is 11.0. The van der Waals surface area contributed by atoms with E-state index in [1.54, 1.807) is 12.1 Å². The largest absolute Gasteiger partial charge is 0.351 e. The minimum atomic E-state index is 0.00571. The Kier molecular flexibility index (Phi) is 11.4. The summed E-state index contributed by atoms with van der Waals surface area (Å²) in [6.45, 7) is 14.6. The van der Waals surface area contributed by atoms with Crippen molar-refractivity contribution in [3.05, 3.63) is 35.4 Å². The summed E-state index contributed by atoms with van der Waals surface area (Å²) in [4.78, 5) is 15.6. The van der Waals surface area contributed by atoms with Gasteiger partial charge in [0.25, 0.3) is 0 Å². The lowest BCUT2D eigenvalue weighted by Gasteiger charge is -2.18. The Labute approximate surface area is 190 Å². The van der Waals surface area contributed by atoms with E-state index in [9.17, 15) is 4.79 Å². The molecule has 0 amide bonds. The molecule has 0 saturated heterocycles. The first-order chi connectivity index (χ1) is 14.3. The molecule has 9 heteroatoms. The molecule has 0 fully saturated rings. The second-order valence-corrected chi connectivity index (χ2v) is 7.21. The molecule has 0 aromatic heterocycles. The van der Waals surface area contributed by atoms with Crippen LogP contribution >= 0.6 is 25.3 Å². The normalized spacial score (nSPS) is 13.5. The Morgan fingerprint density at radius 3 is 1.53 bits per heavy atom. The van der Waals surface area contributed by atoms with Crippen LogP contribution in [0.4, 0.5) is 0 Å². The van der Waals surface area contributed by atoms with E-state index in [1.165, 1.54) is 6.92 Å². The lowest BCUT2D eigenvalue weighted by molar-refractivity contribution is 0.101. The zero-order valence-electron chi connectivity index (χ0n) is 18.6. The fourth-order valence-corrected chi connectivity index (χ4v) is 3.26. The van der Waals surface area contributed by atoms with Crippen molar-refractivity contribution in [2.24, 2.45) is 20.4 Å². The van der Waals surface area contributed by atoms with E-state index < -0.39 is 0 Å². The fourth-order valence-electron chi connectivity index (χ4n) is 2.60. The molecular weight excluding hydrogens is 416 g/mol. The average molecular weight is 449 g/mol. The number of benzene rings is 1. The Morgan fingerprint density at radius 2 is 1.13 bits per heavy atom. The van der Waals surface area contributed by atoms with Crippen molar-refractivity contribution < 1.29 is 4.79 Å². The number of amidine groups is 2. The van der Waals surface area contributed by atoms with Crippen LogP contribution < -0.4 is 0 Å². The summed E-state index contributed by atoms with van der Waals surface area (Å²) >= 11 is 8.89. The van der Waals surface area contributed by atoms with Crippen molar-refractivity contribution in [2.45, 2.75) is 41.5 Å². The van der Waals surface area contributed by atoms with Crippen molar-refractivity contribution in [2.75, 3.05) is 26.2 Å². The highest BCUT2D eigenvalue weighted by Crippen LogP contribution is 2.10. The molecule has 0 heterocycles. The summed E-state index contributed by atoms with van der Waals surface area (Å²) in [5, 5.41) is 18.3. The number of hydrogen-bond donors (Lipinski definition) is 2. The molecule has 0 N–H and O–H groups in total. The number of ketones is 1. The molecule has 0 bridgehead atoms. The Bertz CT molecular complexity index is 822. The quantitative estimate of drug-likeness (QED) is 0.195. The zero-order valence-corrected chi connectivity index (χ0v) is 20.4. The Morgan fingerprint density at radius 1 is 0.733 bits per heavy atom. The van der Waals surface area contributed by atoms with Crippen molar-refractivity contribution in [3.63, 3.8) is 0 Å². The van der Waals surface area contributed by atoms with E-state index in [1.807, 2.05) is 56.6 Å². The van der Waals surface area contributed by atoms with Gasteiger partial charge in [-0.15, -0.1) is 40.6 Å². The van der Waals surface area contributed by atoms with Crippen LogP contribution in [0.15, 0.2) is 44.7 Å². The molecule has 0 aliphatic heterocycles. The molecule has 0 saturated carbocycles. The van der Waals surface area contributed by atoms with E-state index >= 15 is 0 Å². The number of rotatable bonds is 9. The fraction of sp³-hybridized carbons (Fsp3) is 0.476. The Balaban J connectivity index is 3.40. The maximum atomic E-state index is 11.6. The number of carbonyl (C=O) groups is 1. The molecule has 0 unspecified atom stereocenters. The minimum absolute atomic E-state index is 0.00571. The van der Waals surface area contributed by atoms with Crippen LogP contribution in [-0.4, -0.2) is 63.5 Å². The Hall–Kier alpha value is -2.13. The van der Waals surface area contributed by atoms with Gasteiger partial charge in [0, 0.05) is 37.3 Å². The third-order valence-corrected chi connectivity index (χ3v) is 5.27. The zero-order chi connectivity index (χ0) is 22.7. The SMILES string of the molecule is CCN(CC)/C(S)=N/N=C(C)/C(=N/N=C(\S)N(CC)CC)c1ccc(C(C)=O)cc1. The van der Waals surface area contributed by atoms with Gasteiger partial charge in [-0.1, -0.05) is 24.3 Å². The number of thiol groups is 2. The molecule has 7 nitrogen and oxygen atoms in total. The maximum absolute atomic E-state index is 11.6. The lowest BCUT2D eigenvalue weighted by atomic mass is 10.0. The highest BCUT2D eigenvalue weighted by Gasteiger charge is 2.11. The van der Waals surface area contributed by atoms with Gasteiger partial charge in [-0.25, -0.2) is 0 Å². The molecule has 1 aromatic carbocycles. The van der Waals surface area contributed by atoms with Crippen LogP contribution in [0.5, 0.6) is 0 Å². The van der Waals surface area contributed by atoms with Crippen molar-refractivity contribution >= 4 is 52.8 Å². The third-order valence-electron chi connectivity index (χ3n) is 4.53. The number of Topliss-reactive ketones (excluding diaryl/α,β-unsaturated/α-hetero) is 1. The summed E-state index contributed by atoms with van der Waals surface area (Å²) in [7, 11) is 0. The van der Waals surface area contributed by atoms with E-state index in [0.717, 1.165) is 31.7 Å². The topological polar surface area (TPSA) is 73.0 Å². The van der Waals surface area contributed by atoms with E-state index in [4.69, 9.17) is 0 Å². The molecule has 30 heavy (non-hydrogen) atoms. The first kappa shape index (κ1) is 25.9. The minimum Gasteiger partial charge on any atom is -0.351 e. The van der Waals surface area contributed by atoms with E-state index in [-0.39, 0.29) is 5.78 Å². The van der Waals surface area contributed by atoms with Gasteiger partial charge in [-0.2, -0.15) is 5.10 Å². The van der Waals surface area contributed by atoms with Crippen LogP contribution in [-0.2, 0) is 0 Å². The number of nitrogens with zero attached hydrogens (tertiary/aromatic N) is 6. The second kappa shape index (κ2) is 13.2. The number of hydrogen-bond acceptors (Lipinski definition) is 5. The lowest BCUT2D eigenvalue weighted by Crippen LogP contribution is -2.27. The monoisotopic (exact) mass is 448 g/mol. The second-order valence-electron chi connectivity index (χ2n) is 6.41. The van der Waals surface area contributed by atoms with Crippen molar-refractivity contribution in [3.8, 4) is 0 Å². The van der Waals surface area contributed by atoms with Gasteiger partial charge in [0.2, 0.25) is 0 Å². The summed E-state index contributed by atoms with van der Waals surface area (Å²) < 4.78 is 0. The third kappa shape index (κ3) is 7.60. The predicted molar refractivity (Wildman–Crippen MR) is 135 cm³/mol. The van der Waals surface area contributed by atoms with Gasteiger partial charge in [-0.05, 0) is 41.5 Å². The molecule has 0 radical (unpaired) electrons. The van der Waals surface area contributed by atoms with Gasteiger partial charge < -0.3 is 9.80 Å². The molecule has 1 aromatic rings. The first-order valence-electron chi connectivity index (χ1n) is 10.1. The smallest absolute Gasteiger partial charge is 0.182 e. The summed E-state index contributed by atoms with van der Waals surface area (Å²) in [6.07, 6.45) is 0. The maximum Gasteiger partial charge on any atom is 0.182 e. The molecule has 0 atom stereocenters. The summed E-state index contributed by atoms with van der Waals surface area (Å²) in [6, 6.07) is 7.18. The standard InChI is InChI=1S/C21H32N6OS2/c1-7-26(8-2)20(29)24-22-15(5)19(23-25-21(30)27(9-3)10-4)18-13-11-17(12-14-18)16(6)28/h11-14H,7-10H2,1-6H3,(H,24,29)(H,25,30)/b22-15+,23-19-. The molecule has 164 valence electrons. The van der Waals surface area contributed by atoms with Crippen molar-refractivity contribution in [1.29, 1.82) is 0 Å². The molecule has 0 aliphatic carbocycles. The average Bonchev–Trinajstić information content (AvgIpc) is 2.74. The molecule has 0 aliphatic rings. The van der Waals surface area contributed by atoms with Crippen LogP contribution in [0.1, 0.15) is 57.5 Å². The van der Waals surface area contributed by atoms with E-state index in [2.05, 4.69) is 45.7 Å². The highest BCUT2D eigenvalue weighted by atomic mass is 32.1. The van der Waals surface area contributed by atoms with E-state index in [0.29, 0.717) is 27.3 Å². The number of carbonyl (C=O) groups excluding carboxylic acids is 1. The van der Waals surface area contributed by atoms with Crippen LogP contribution in [0.3, 0.4) is 0 Å². The van der Waals surface area contributed by atoms with Gasteiger partial charge >= 0.3 is 0 Å². The molecule has 0 spiro atoms. The van der Waals surface area contributed by atoms with Crippen LogP contribution in [0.2, 0.25) is 0 Å². The van der Waals surface area contributed by atoms with Crippen LogP contribution in [0, 0.1) is 0 Å². The van der Waals surface area contributed by atoms with Gasteiger partial charge in [0.05, 0.1) is 5.71 Å². The summed E-state index contributed by atoms with van der Waals surface area (Å²) in [5.41, 5.74) is 2.54. The molecule has 1 rings (SSSR count). The summed E-state index contributed by atoms with van der Waals surface area (Å²) in [5.74, 6) is 0.00571. The van der Waals surface area contributed by atoms with Crippen LogP contribution in [0.25, 0.3) is 0 Å². The van der Waals surface area contributed by atoms with Gasteiger partial charge in [-0.3, -0.25) is 4.79 Å². The van der Waals surface area contributed by atoms with Crippen molar-refractivity contribution in [1.82, 2.24) is 9.80 Å².